The molecule has 45 heavy (non-hydrogen) atoms. The highest BCUT2D eigenvalue weighted by atomic mass is 16.7. The van der Waals surface area contributed by atoms with Crippen molar-refractivity contribution in [3.63, 3.8) is 0 Å². The van der Waals surface area contributed by atoms with Gasteiger partial charge in [-0.25, -0.2) is 0 Å². The minimum atomic E-state index is -1.51. The molecule has 256 valence electrons. The zero-order valence-corrected chi connectivity index (χ0v) is 28.2. The predicted octanol–water partition coefficient (Wildman–Crippen LogP) is 4.03. The molecular formula is C36H58O9. The molecule has 5 fully saturated rings. The van der Waals surface area contributed by atoms with Crippen molar-refractivity contribution in [2.75, 3.05) is 13.2 Å². The van der Waals surface area contributed by atoms with E-state index in [0.717, 1.165) is 57.8 Å². The maximum absolute atomic E-state index is 12.9. The molecule has 5 aliphatic carbocycles. The zero-order valence-electron chi connectivity index (χ0n) is 28.2. The van der Waals surface area contributed by atoms with E-state index in [1.807, 2.05) is 0 Å². The first kappa shape index (κ1) is 33.8. The highest BCUT2D eigenvalue weighted by molar-refractivity contribution is 5.76. The van der Waals surface area contributed by atoms with Gasteiger partial charge in [-0.15, -0.1) is 0 Å². The first-order valence-corrected chi connectivity index (χ1v) is 17.4. The van der Waals surface area contributed by atoms with Crippen LogP contribution in [0.25, 0.3) is 0 Å². The number of ether oxygens (including phenoxy) is 2. The topological polar surface area (TPSA) is 157 Å². The highest BCUT2D eigenvalue weighted by Crippen LogP contribution is 2.76. The molecule has 1 aliphatic heterocycles. The van der Waals surface area contributed by atoms with Crippen LogP contribution < -0.4 is 0 Å². The molecule has 6 rings (SSSR count). The Hall–Kier alpha value is -1.07. The number of aliphatic hydroxyl groups excluding tert-OH is 5. The van der Waals surface area contributed by atoms with Crippen molar-refractivity contribution in [3.05, 3.63) is 11.6 Å². The van der Waals surface area contributed by atoms with Crippen LogP contribution in [0.1, 0.15) is 106 Å². The van der Waals surface area contributed by atoms with Crippen LogP contribution in [-0.2, 0) is 14.3 Å². The third-order valence-electron chi connectivity index (χ3n) is 15.3. The fourth-order valence-electron chi connectivity index (χ4n) is 12.2. The zero-order chi connectivity index (χ0) is 33.0. The molecule has 0 spiro atoms. The fraction of sp³-hybridized carbons (Fsp3) is 0.917. The molecule has 6 aliphatic rings. The Kier molecular flexibility index (Phi) is 8.25. The van der Waals surface area contributed by atoms with Gasteiger partial charge in [0.05, 0.1) is 24.7 Å². The molecule has 0 aromatic carbocycles. The van der Waals surface area contributed by atoms with Crippen molar-refractivity contribution in [2.45, 2.75) is 143 Å². The molecule has 1 saturated heterocycles. The van der Waals surface area contributed by atoms with Gasteiger partial charge in [0, 0.05) is 5.41 Å². The summed E-state index contributed by atoms with van der Waals surface area (Å²) in [6, 6.07) is 0. The van der Waals surface area contributed by atoms with Crippen LogP contribution in [0.3, 0.4) is 0 Å². The number of hydrogen-bond donors (Lipinski definition) is 6. The lowest BCUT2D eigenvalue weighted by atomic mass is 9.33. The molecular weight excluding hydrogens is 576 g/mol. The Morgan fingerprint density at radius 3 is 2.22 bits per heavy atom. The van der Waals surface area contributed by atoms with Crippen LogP contribution in [0.2, 0.25) is 0 Å². The SMILES string of the molecule is CC1(C)CC[C@]2(C(=O)O)CC[C@]3(C)C(=CC[C@@H]4[C@@]5(C)CC[C@H](O[C@@H]6O[C@H](CO)[C@@H](O)[C@H](O)[C@H]6O)[C@@](C)(CO)[C@@H]5CC[C@]43C)[C@@H]2C1. The summed E-state index contributed by atoms with van der Waals surface area (Å²) in [5.74, 6) is -0.0763. The Morgan fingerprint density at radius 2 is 1.58 bits per heavy atom. The quantitative estimate of drug-likeness (QED) is 0.194. The number of aliphatic hydroxyl groups is 5. The van der Waals surface area contributed by atoms with Gasteiger partial charge in [0.1, 0.15) is 24.4 Å². The van der Waals surface area contributed by atoms with Gasteiger partial charge in [0.2, 0.25) is 0 Å². The van der Waals surface area contributed by atoms with Gasteiger partial charge >= 0.3 is 5.97 Å². The molecule has 14 atom stereocenters. The van der Waals surface area contributed by atoms with E-state index in [4.69, 9.17) is 9.47 Å². The van der Waals surface area contributed by atoms with Gasteiger partial charge in [-0.3, -0.25) is 4.79 Å². The number of fused-ring (bicyclic) bond motifs is 7. The number of rotatable bonds is 5. The van der Waals surface area contributed by atoms with Gasteiger partial charge in [0.25, 0.3) is 0 Å². The average molecular weight is 635 g/mol. The van der Waals surface area contributed by atoms with Crippen LogP contribution in [0.5, 0.6) is 0 Å². The first-order valence-electron chi connectivity index (χ1n) is 17.4. The summed E-state index contributed by atoms with van der Waals surface area (Å²) in [6.07, 6.45) is 3.78. The summed E-state index contributed by atoms with van der Waals surface area (Å²) >= 11 is 0. The Balaban J connectivity index is 1.31. The van der Waals surface area contributed by atoms with Gasteiger partial charge in [-0.1, -0.05) is 53.2 Å². The molecule has 0 amide bonds. The average Bonchev–Trinajstić information content (AvgIpc) is 2.98. The maximum atomic E-state index is 12.9. The third-order valence-corrected chi connectivity index (χ3v) is 15.3. The molecule has 0 aromatic rings. The second-order valence-electron chi connectivity index (χ2n) is 17.7. The highest BCUT2D eigenvalue weighted by Gasteiger charge is 2.70. The lowest BCUT2D eigenvalue weighted by Gasteiger charge is -2.71. The number of carboxylic acid groups (broad SMARTS) is 1. The maximum Gasteiger partial charge on any atom is 0.310 e. The summed E-state index contributed by atoms with van der Waals surface area (Å²) < 4.78 is 12.1. The summed E-state index contributed by atoms with van der Waals surface area (Å²) in [6.45, 7) is 13.3. The van der Waals surface area contributed by atoms with Gasteiger partial charge in [-0.2, -0.15) is 0 Å². The molecule has 0 radical (unpaired) electrons. The smallest absolute Gasteiger partial charge is 0.310 e. The molecule has 0 bridgehead atoms. The number of carboxylic acids is 1. The molecule has 4 saturated carbocycles. The van der Waals surface area contributed by atoms with E-state index < -0.39 is 60.2 Å². The van der Waals surface area contributed by atoms with Crippen LogP contribution in [0.15, 0.2) is 11.6 Å². The lowest BCUT2D eigenvalue weighted by molar-refractivity contribution is -0.333. The summed E-state index contributed by atoms with van der Waals surface area (Å²) in [5.41, 5.74) is -0.00794. The normalized spacial score (nSPS) is 54.1. The molecule has 0 unspecified atom stereocenters. The summed E-state index contributed by atoms with van der Waals surface area (Å²) in [7, 11) is 0. The van der Waals surface area contributed by atoms with Gasteiger partial charge in [0.15, 0.2) is 6.29 Å². The molecule has 0 aromatic heterocycles. The molecule has 9 heteroatoms. The van der Waals surface area contributed by atoms with Crippen molar-refractivity contribution < 1.29 is 44.9 Å². The Bertz CT molecular complexity index is 1200. The largest absolute Gasteiger partial charge is 0.481 e. The third kappa shape index (κ3) is 4.61. The van der Waals surface area contributed by atoms with Crippen molar-refractivity contribution >= 4 is 5.97 Å². The van der Waals surface area contributed by atoms with Crippen molar-refractivity contribution in [2.24, 2.45) is 50.2 Å². The second-order valence-corrected chi connectivity index (χ2v) is 17.7. The molecule has 1 heterocycles. The first-order chi connectivity index (χ1) is 20.9. The van der Waals surface area contributed by atoms with Crippen LogP contribution >= 0.6 is 0 Å². The van der Waals surface area contributed by atoms with E-state index >= 15 is 0 Å². The van der Waals surface area contributed by atoms with Crippen LogP contribution in [0.4, 0.5) is 0 Å². The fourth-order valence-corrected chi connectivity index (χ4v) is 12.2. The van der Waals surface area contributed by atoms with E-state index in [9.17, 15) is 35.4 Å². The number of carbonyl (C=O) groups is 1. The monoisotopic (exact) mass is 634 g/mol. The molecule has 9 nitrogen and oxygen atoms in total. The lowest BCUT2D eigenvalue weighted by Crippen LogP contribution is -2.67. The van der Waals surface area contributed by atoms with E-state index in [1.54, 1.807) is 0 Å². The number of aliphatic carboxylic acids is 1. The van der Waals surface area contributed by atoms with E-state index in [-0.39, 0.29) is 40.1 Å². The minimum absolute atomic E-state index is 0.0179. The van der Waals surface area contributed by atoms with Crippen LogP contribution in [-0.4, -0.2) is 86.6 Å². The standard InChI is InChI=1S/C36H58O9/c1-31(2)13-15-36(30(42)43)16-14-34(5)20(21(36)17-31)7-8-24-32(3)11-10-25(33(4,19-38)23(32)9-12-35(24,34)6)45-29-28(41)27(40)26(39)22(18-37)44-29/h7,21-29,37-41H,8-19H2,1-6H3,(H,42,43)/t21-,22+,23+,24+,25-,26+,27-,28+,29-,32-,33-,34+,35+,36-/m0/s1. The molecule has 6 N–H and O–H groups in total. The Labute approximate surface area is 268 Å². The van der Waals surface area contributed by atoms with Gasteiger partial charge in [-0.05, 0) is 104 Å². The van der Waals surface area contributed by atoms with E-state index in [2.05, 4.69) is 47.6 Å². The van der Waals surface area contributed by atoms with E-state index in [0.29, 0.717) is 12.3 Å². The second kappa shape index (κ2) is 11.0. The van der Waals surface area contributed by atoms with Crippen molar-refractivity contribution in [1.29, 1.82) is 0 Å². The summed E-state index contributed by atoms with van der Waals surface area (Å²) in [4.78, 5) is 12.9. The van der Waals surface area contributed by atoms with Crippen molar-refractivity contribution in [1.82, 2.24) is 0 Å². The minimum Gasteiger partial charge on any atom is -0.481 e. The van der Waals surface area contributed by atoms with Crippen LogP contribution in [0, 0.1) is 50.2 Å². The van der Waals surface area contributed by atoms with Gasteiger partial charge < -0.3 is 40.1 Å². The Morgan fingerprint density at radius 1 is 0.889 bits per heavy atom. The van der Waals surface area contributed by atoms with Crippen molar-refractivity contribution in [3.8, 4) is 0 Å². The predicted molar refractivity (Wildman–Crippen MR) is 167 cm³/mol. The number of hydrogen-bond acceptors (Lipinski definition) is 8. The summed E-state index contributed by atoms with van der Waals surface area (Å²) in [5, 5.41) is 62.7. The number of allylic oxidation sites excluding steroid dienone is 2. The van der Waals surface area contributed by atoms with E-state index in [1.165, 1.54) is 5.57 Å².